The number of carboxylic acids is 1. The van der Waals surface area contributed by atoms with Crippen LogP contribution in [-0.2, 0) is 24.7 Å². The number of nitrogens with zero attached hydrogens (tertiary/aromatic N) is 2. The Morgan fingerprint density at radius 2 is 1.34 bits per heavy atom. The number of rotatable bonds is 11. The molecule has 5 aromatic rings. The van der Waals surface area contributed by atoms with Gasteiger partial charge in [-0.05, 0) is 49.6 Å². The highest BCUT2D eigenvalue weighted by molar-refractivity contribution is 7.14. The van der Waals surface area contributed by atoms with Gasteiger partial charge in [0.05, 0.1) is 0 Å². The van der Waals surface area contributed by atoms with Gasteiger partial charge in [-0.3, -0.25) is 0 Å². The van der Waals surface area contributed by atoms with E-state index >= 15 is 0 Å². The number of aliphatic carboxylic acids is 1. The molecule has 0 aliphatic carbocycles. The summed E-state index contributed by atoms with van der Waals surface area (Å²) >= 11 is 1.18. The maximum atomic E-state index is 13.1. The van der Waals surface area contributed by atoms with E-state index in [1.807, 2.05) is 91.0 Å². The average molecular weight is 652 g/mol. The predicted octanol–water partition coefficient (Wildman–Crippen LogP) is 6.85. The number of aromatic hydroxyl groups is 2. The number of carbonyl (C=O) groups excluding carboxylic acids is 1. The summed E-state index contributed by atoms with van der Waals surface area (Å²) in [6.07, 6.45) is -1.56. The number of phenolic OH excluding ortho intramolecular Hbond substituents is 2. The Morgan fingerprint density at radius 3 is 1.81 bits per heavy atom. The van der Waals surface area contributed by atoms with Crippen LogP contribution in [0.1, 0.15) is 54.8 Å². The molecule has 0 fully saturated rings. The van der Waals surface area contributed by atoms with E-state index in [0.717, 1.165) is 22.8 Å². The lowest BCUT2D eigenvalue weighted by Gasteiger charge is -2.36. The molecular formula is C36H33N3O7S. The van der Waals surface area contributed by atoms with Crippen LogP contribution in [0.15, 0.2) is 120 Å². The highest BCUT2D eigenvalue weighted by atomic mass is 32.1. The molecule has 5 rings (SSSR count). The monoisotopic (exact) mass is 651 g/mol. The van der Waals surface area contributed by atoms with Crippen molar-refractivity contribution in [1.82, 2.24) is 4.98 Å². The largest absolute Gasteiger partial charge is 0.504 e. The maximum Gasteiger partial charge on any atom is 0.360 e. The third kappa shape index (κ3) is 7.42. The SMILES string of the molecule is CC(C)(C)OC(=O)C(O/N=C(\C(=O)O)c1csc(NC(c2ccccc2)(c2ccccc2)c2ccccc2)n1)c1ccc(O)c(O)c1. The average Bonchev–Trinajstić information content (AvgIpc) is 3.51. The Kier molecular flexibility index (Phi) is 9.57. The van der Waals surface area contributed by atoms with Crippen molar-refractivity contribution >= 4 is 34.1 Å². The molecule has 0 saturated carbocycles. The van der Waals surface area contributed by atoms with E-state index in [1.54, 1.807) is 20.8 Å². The summed E-state index contributed by atoms with van der Waals surface area (Å²) in [4.78, 5) is 35.7. The molecule has 4 N–H and O–H groups in total. The minimum atomic E-state index is -1.56. The van der Waals surface area contributed by atoms with Gasteiger partial charge in [-0.15, -0.1) is 11.3 Å². The minimum absolute atomic E-state index is 0.00965. The van der Waals surface area contributed by atoms with E-state index in [-0.39, 0.29) is 11.3 Å². The van der Waals surface area contributed by atoms with Gasteiger partial charge < -0.3 is 30.2 Å². The number of thiazole rings is 1. The van der Waals surface area contributed by atoms with Crippen molar-refractivity contribution in [2.45, 2.75) is 38.0 Å². The number of aromatic nitrogens is 1. The van der Waals surface area contributed by atoms with Crippen LogP contribution in [0.5, 0.6) is 11.5 Å². The molecule has 0 spiro atoms. The highest BCUT2D eigenvalue weighted by Crippen LogP contribution is 2.40. The molecule has 11 heteroatoms. The van der Waals surface area contributed by atoms with Crippen LogP contribution < -0.4 is 5.32 Å². The molecule has 0 aliphatic heterocycles. The van der Waals surface area contributed by atoms with Gasteiger partial charge >= 0.3 is 11.9 Å². The second-order valence-electron chi connectivity index (χ2n) is 11.5. The van der Waals surface area contributed by atoms with Crippen LogP contribution in [0.25, 0.3) is 0 Å². The number of ether oxygens (including phenoxy) is 1. The second-order valence-corrected chi connectivity index (χ2v) is 12.4. The van der Waals surface area contributed by atoms with Crippen LogP contribution in [-0.4, -0.2) is 43.6 Å². The quantitative estimate of drug-likeness (QED) is 0.0395. The third-order valence-corrected chi connectivity index (χ3v) is 7.79. The maximum absolute atomic E-state index is 13.1. The fourth-order valence-electron chi connectivity index (χ4n) is 4.98. The van der Waals surface area contributed by atoms with Crippen molar-refractivity contribution in [3.05, 3.63) is 143 Å². The van der Waals surface area contributed by atoms with E-state index < -0.39 is 46.4 Å². The van der Waals surface area contributed by atoms with Crippen LogP contribution in [0.4, 0.5) is 5.13 Å². The Morgan fingerprint density at radius 1 is 0.809 bits per heavy atom. The molecule has 240 valence electrons. The summed E-state index contributed by atoms with van der Waals surface area (Å²) in [5.41, 5.74) is 0.501. The molecule has 1 aromatic heterocycles. The molecule has 10 nitrogen and oxygen atoms in total. The zero-order chi connectivity index (χ0) is 33.6. The van der Waals surface area contributed by atoms with Crippen molar-refractivity contribution in [1.29, 1.82) is 0 Å². The number of anilines is 1. The molecule has 0 aliphatic rings. The minimum Gasteiger partial charge on any atom is -0.504 e. The Hall–Kier alpha value is -5.68. The molecule has 0 bridgehead atoms. The normalized spacial score (nSPS) is 12.6. The van der Waals surface area contributed by atoms with Gasteiger partial charge in [-0.2, -0.15) is 0 Å². The first-order chi connectivity index (χ1) is 22.5. The van der Waals surface area contributed by atoms with Crippen molar-refractivity contribution in [2.75, 3.05) is 5.32 Å². The molecule has 0 radical (unpaired) electrons. The summed E-state index contributed by atoms with van der Waals surface area (Å²) in [5.74, 6) is -3.24. The standard InChI is InChI=1S/C36H33N3O7S/c1-35(2,3)45-33(44)31(23-19-20-28(40)29(41)21-23)46-39-30(32(42)43)27-22-47-34(37-27)38-36(24-13-7-4-8-14-24,25-15-9-5-10-16-25)26-17-11-6-12-18-26/h4-22,31,40-41H,1-3H3,(H,37,38)(H,42,43)/b39-30-. The highest BCUT2D eigenvalue weighted by Gasteiger charge is 2.37. The fourth-order valence-corrected chi connectivity index (χ4v) is 5.73. The number of carboxylic acid groups (broad SMARTS) is 1. The number of phenols is 2. The van der Waals surface area contributed by atoms with E-state index in [4.69, 9.17) is 9.57 Å². The first-order valence-corrected chi connectivity index (χ1v) is 15.5. The van der Waals surface area contributed by atoms with Crippen LogP contribution in [0.3, 0.4) is 0 Å². The molecule has 1 atom stereocenters. The Balaban J connectivity index is 1.54. The van der Waals surface area contributed by atoms with Gasteiger partial charge in [0, 0.05) is 10.9 Å². The number of benzene rings is 4. The molecule has 0 amide bonds. The van der Waals surface area contributed by atoms with Gasteiger partial charge in [0.2, 0.25) is 11.8 Å². The fraction of sp³-hybridized carbons (Fsp3) is 0.167. The summed E-state index contributed by atoms with van der Waals surface area (Å²) in [6, 6.07) is 33.2. The first-order valence-electron chi connectivity index (χ1n) is 14.6. The molecule has 47 heavy (non-hydrogen) atoms. The van der Waals surface area contributed by atoms with Gasteiger partial charge in [0.1, 0.15) is 16.8 Å². The molecule has 1 heterocycles. The summed E-state index contributed by atoms with van der Waals surface area (Å²) < 4.78 is 5.46. The number of hydrogen-bond acceptors (Lipinski definition) is 10. The van der Waals surface area contributed by atoms with Gasteiger partial charge in [0.15, 0.2) is 16.6 Å². The zero-order valence-corrected chi connectivity index (χ0v) is 26.6. The molecule has 1 unspecified atom stereocenters. The van der Waals surface area contributed by atoms with Crippen molar-refractivity contribution in [3.8, 4) is 11.5 Å². The Labute approximate surface area is 275 Å². The zero-order valence-electron chi connectivity index (χ0n) is 25.8. The summed E-state index contributed by atoms with van der Waals surface area (Å²) in [7, 11) is 0. The first kappa shape index (κ1) is 32.7. The van der Waals surface area contributed by atoms with Crippen LogP contribution >= 0.6 is 11.3 Å². The van der Waals surface area contributed by atoms with Crippen molar-refractivity contribution in [2.24, 2.45) is 5.16 Å². The molecule has 0 saturated heterocycles. The number of nitrogens with one attached hydrogen (secondary N) is 1. The van der Waals surface area contributed by atoms with Gasteiger partial charge in [-0.25, -0.2) is 14.6 Å². The van der Waals surface area contributed by atoms with E-state index in [2.05, 4.69) is 15.5 Å². The van der Waals surface area contributed by atoms with Gasteiger partial charge in [0.25, 0.3) is 0 Å². The van der Waals surface area contributed by atoms with E-state index in [9.17, 15) is 24.9 Å². The summed E-state index contributed by atoms with van der Waals surface area (Å²) in [6.45, 7) is 4.98. The van der Waals surface area contributed by atoms with Crippen LogP contribution in [0.2, 0.25) is 0 Å². The smallest absolute Gasteiger partial charge is 0.360 e. The number of hydrogen-bond donors (Lipinski definition) is 4. The van der Waals surface area contributed by atoms with E-state index in [1.165, 1.54) is 28.8 Å². The second kappa shape index (κ2) is 13.8. The van der Waals surface area contributed by atoms with Crippen molar-refractivity contribution in [3.63, 3.8) is 0 Å². The van der Waals surface area contributed by atoms with Gasteiger partial charge in [-0.1, -0.05) is 102 Å². The Bertz CT molecular complexity index is 1770. The number of oxime groups is 1. The van der Waals surface area contributed by atoms with Crippen molar-refractivity contribution < 1.29 is 34.5 Å². The van der Waals surface area contributed by atoms with E-state index in [0.29, 0.717) is 5.13 Å². The lowest BCUT2D eigenvalue weighted by atomic mass is 9.77. The molecule has 4 aromatic carbocycles. The summed E-state index contributed by atoms with van der Waals surface area (Å²) in [5, 5.41) is 39.3. The third-order valence-electron chi connectivity index (χ3n) is 7.04. The lowest BCUT2D eigenvalue weighted by molar-refractivity contribution is -0.169. The van der Waals surface area contributed by atoms with Crippen LogP contribution in [0, 0.1) is 0 Å². The topological polar surface area (TPSA) is 151 Å². The number of carbonyl (C=O) groups is 2. The lowest BCUT2D eigenvalue weighted by Crippen LogP contribution is -2.38. The number of esters is 1. The molecular weight excluding hydrogens is 618 g/mol. The predicted molar refractivity (Wildman–Crippen MR) is 179 cm³/mol.